The molecule has 1 amide bonds. The lowest BCUT2D eigenvalue weighted by Gasteiger charge is -2.05. The Morgan fingerprint density at radius 1 is 1.20 bits per heavy atom. The van der Waals surface area contributed by atoms with Gasteiger partial charge in [-0.15, -0.1) is 0 Å². The van der Waals surface area contributed by atoms with Gasteiger partial charge in [0.05, 0.1) is 18.1 Å². The van der Waals surface area contributed by atoms with E-state index in [1.165, 1.54) is 0 Å². The van der Waals surface area contributed by atoms with Crippen molar-refractivity contribution in [2.75, 3.05) is 12.4 Å². The molecule has 0 bridgehead atoms. The van der Waals surface area contributed by atoms with E-state index in [9.17, 15) is 4.79 Å². The van der Waals surface area contributed by atoms with Crippen molar-refractivity contribution < 1.29 is 9.53 Å². The second-order valence-corrected chi connectivity index (χ2v) is 4.29. The molecule has 100 valence electrons. The number of imidazole rings is 1. The van der Waals surface area contributed by atoms with E-state index in [1.54, 1.807) is 19.2 Å². The minimum absolute atomic E-state index is 0.283. The average molecular weight is 267 g/mol. The SMILES string of the molecule is COc1cccc(NC(=O)c2nc3ccccc3[nH]2)c1. The predicted molar refractivity (Wildman–Crippen MR) is 77.0 cm³/mol. The van der Waals surface area contributed by atoms with Crippen LogP contribution < -0.4 is 10.1 Å². The fraction of sp³-hybridized carbons (Fsp3) is 0.0667. The van der Waals surface area contributed by atoms with E-state index in [0.717, 1.165) is 11.0 Å². The molecule has 0 radical (unpaired) electrons. The molecule has 0 aliphatic carbocycles. The Kier molecular flexibility index (Phi) is 3.09. The first-order valence-corrected chi connectivity index (χ1v) is 6.16. The molecule has 5 heteroatoms. The number of carbonyl (C=O) groups is 1. The molecule has 0 aliphatic rings. The Bertz CT molecular complexity index is 731. The highest BCUT2D eigenvalue weighted by molar-refractivity contribution is 6.03. The summed E-state index contributed by atoms with van der Waals surface area (Å²) in [4.78, 5) is 19.4. The van der Waals surface area contributed by atoms with E-state index in [4.69, 9.17) is 4.74 Å². The maximum Gasteiger partial charge on any atom is 0.291 e. The molecular formula is C15H13N3O2. The Balaban J connectivity index is 1.85. The molecule has 0 spiro atoms. The topological polar surface area (TPSA) is 67.0 Å². The van der Waals surface area contributed by atoms with Crippen LogP contribution in [0, 0.1) is 0 Å². The first kappa shape index (κ1) is 12.2. The molecule has 2 aromatic carbocycles. The minimum Gasteiger partial charge on any atom is -0.497 e. The molecule has 0 saturated heterocycles. The Morgan fingerprint density at radius 3 is 2.85 bits per heavy atom. The molecule has 1 heterocycles. The van der Waals surface area contributed by atoms with Crippen LogP contribution in [-0.4, -0.2) is 23.0 Å². The Labute approximate surface area is 115 Å². The number of benzene rings is 2. The van der Waals surface area contributed by atoms with Crippen LogP contribution in [0.1, 0.15) is 10.6 Å². The molecule has 0 aliphatic heterocycles. The third-order valence-electron chi connectivity index (χ3n) is 2.93. The third kappa shape index (κ3) is 2.33. The number of amides is 1. The zero-order valence-corrected chi connectivity index (χ0v) is 10.9. The number of para-hydroxylation sites is 2. The number of nitrogens with one attached hydrogen (secondary N) is 2. The van der Waals surface area contributed by atoms with Crippen molar-refractivity contribution in [3.05, 3.63) is 54.4 Å². The number of methoxy groups -OCH3 is 1. The number of fused-ring (bicyclic) bond motifs is 1. The van der Waals surface area contributed by atoms with Crippen molar-refractivity contribution in [1.82, 2.24) is 9.97 Å². The summed E-state index contributed by atoms with van der Waals surface area (Å²) in [5.41, 5.74) is 2.27. The highest BCUT2D eigenvalue weighted by Gasteiger charge is 2.11. The first-order valence-electron chi connectivity index (χ1n) is 6.16. The lowest BCUT2D eigenvalue weighted by molar-refractivity contribution is 0.101. The van der Waals surface area contributed by atoms with E-state index in [2.05, 4.69) is 15.3 Å². The molecule has 5 nitrogen and oxygen atoms in total. The van der Waals surface area contributed by atoms with Crippen molar-refractivity contribution in [1.29, 1.82) is 0 Å². The summed E-state index contributed by atoms with van der Waals surface area (Å²) < 4.78 is 5.12. The Morgan fingerprint density at radius 2 is 2.05 bits per heavy atom. The summed E-state index contributed by atoms with van der Waals surface area (Å²) in [5, 5.41) is 2.78. The highest BCUT2D eigenvalue weighted by atomic mass is 16.5. The number of aromatic nitrogens is 2. The van der Waals surface area contributed by atoms with Crippen LogP contribution in [0.4, 0.5) is 5.69 Å². The van der Waals surface area contributed by atoms with Crippen LogP contribution in [0.25, 0.3) is 11.0 Å². The van der Waals surface area contributed by atoms with Crippen molar-refractivity contribution in [2.24, 2.45) is 0 Å². The van der Waals surface area contributed by atoms with Crippen LogP contribution in [-0.2, 0) is 0 Å². The fourth-order valence-electron chi connectivity index (χ4n) is 1.95. The molecule has 2 N–H and O–H groups in total. The summed E-state index contributed by atoms with van der Waals surface area (Å²) in [6.45, 7) is 0. The molecule has 20 heavy (non-hydrogen) atoms. The first-order chi connectivity index (χ1) is 9.76. The second kappa shape index (κ2) is 5.05. The number of ether oxygens (including phenoxy) is 1. The van der Waals surface area contributed by atoms with Gasteiger partial charge in [0.1, 0.15) is 5.75 Å². The lowest BCUT2D eigenvalue weighted by Crippen LogP contribution is -2.13. The number of anilines is 1. The number of rotatable bonds is 3. The van der Waals surface area contributed by atoms with Crippen LogP contribution in [0.3, 0.4) is 0 Å². The van der Waals surface area contributed by atoms with Gasteiger partial charge in [0.15, 0.2) is 5.82 Å². The molecule has 0 fully saturated rings. The third-order valence-corrected chi connectivity index (χ3v) is 2.93. The van der Waals surface area contributed by atoms with Gasteiger partial charge in [-0.25, -0.2) is 4.98 Å². The van der Waals surface area contributed by atoms with Gasteiger partial charge in [0.2, 0.25) is 0 Å². The molecule has 0 saturated carbocycles. The lowest BCUT2D eigenvalue weighted by atomic mass is 10.3. The van der Waals surface area contributed by atoms with Gasteiger partial charge in [-0.3, -0.25) is 4.79 Å². The number of hydrogen-bond donors (Lipinski definition) is 2. The summed E-state index contributed by atoms with van der Waals surface area (Å²) in [7, 11) is 1.58. The maximum absolute atomic E-state index is 12.1. The van der Waals surface area contributed by atoms with E-state index in [1.807, 2.05) is 36.4 Å². The van der Waals surface area contributed by atoms with Gasteiger partial charge in [-0.2, -0.15) is 0 Å². The summed E-state index contributed by atoms with van der Waals surface area (Å²) >= 11 is 0. The largest absolute Gasteiger partial charge is 0.497 e. The molecular weight excluding hydrogens is 254 g/mol. The standard InChI is InChI=1S/C15H13N3O2/c1-20-11-6-4-5-10(9-11)16-15(19)14-17-12-7-2-3-8-13(12)18-14/h2-9H,1H3,(H,16,19)(H,17,18). The summed E-state index contributed by atoms with van der Waals surface area (Å²) in [6.07, 6.45) is 0. The maximum atomic E-state index is 12.1. The summed E-state index contributed by atoms with van der Waals surface area (Å²) in [6, 6.07) is 14.7. The second-order valence-electron chi connectivity index (χ2n) is 4.29. The van der Waals surface area contributed by atoms with E-state index in [0.29, 0.717) is 11.4 Å². The molecule has 0 atom stereocenters. The summed E-state index contributed by atoms with van der Waals surface area (Å²) in [5.74, 6) is 0.691. The van der Waals surface area contributed by atoms with Crippen molar-refractivity contribution in [2.45, 2.75) is 0 Å². The highest BCUT2D eigenvalue weighted by Crippen LogP contribution is 2.17. The van der Waals surface area contributed by atoms with Crippen LogP contribution in [0.2, 0.25) is 0 Å². The van der Waals surface area contributed by atoms with Crippen LogP contribution >= 0.6 is 0 Å². The van der Waals surface area contributed by atoms with E-state index >= 15 is 0 Å². The molecule has 1 aromatic heterocycles. The van der Waals surface area contributed by atoms with Crippen LogP contribution in [0.15, 0.2) is 48.5 Å². The zero-order valence-electron chi connectivity index (χ0n) is 10.9. The van der Waals surface area contributed by atoms with Gasteiger partial charge in [0, 0.05) is 11.8 Å². The number of aromatic amines is 1. The number of carbonyl (C=O) groups excluding carboxylic acids is 1. The molecule has 0 unspecified atom stereocenters. The van der Waals surface area contributed by atoms with Gasteiger partial charge < -0.3 is 15.0 Å². The van der Waals surface area contributed by atoms with Crippen molar-refractivity contribution in [3.63, 3.8) is 0 Å². The normalized spacial score (nSPS) is 10.4. The van der Waals surface area contributed by atoms with Crippen molar-refractivity contribution in [3.8, 4) is 5.75 Å². The van der Waals surface area contributed by atoms with E-state index < -0.39 is 0 Å². The minimum atomic E-state index is -0.283. The number of hydrogen-bond acceptors (Lipinski definition) is 3. The quantitative estimate of drug-likeness (QED) is 0.766. The van der Waals surface area contributed by atoms with Crippen molar-refractivity contribution >= 4 is 22.6 Å². The van der Waals surface area contributed by atoms with Gasteiger partial charge >= 0.3 is 0 Å². The molecule has 3 rings (SSSR count). The van der Waals surface area contributed by atoms with Crippen LogP contribution in [0.5, 0.6) is 5.75 Å². The van der Waals surface area contributed by atoms with E-state index in [-0.39, 0.29) is 11.7 Å². The smallest absolute Gasteiger partial charge is 0.291 e. The van der Waals surface area contributed by atoms with Gasteiger partial charge in [-0.1, -0.05) is 18.2 Å². The molecule has 3 aromatic rings. The average Bonchev–Trinajstić information content (AvgIpc) is 2.91. The zero-order chi connectivity index (χ0) is 13.9. The fourth-order valence-corrected chi connectivity index (χ4v) is 1.95. The van der Waals surface area contributed by atoms with Gasteiger partial charge in [-0.05, 0) is 24.3 Å². The monoisotopic (exact) mass is 267 g/mol. The van der Waals surface area contributed by atoms with Gasteiger partial charge in [0.25, 0.3) is 5.91 Å². The Hall–Kier alpha value is -2.82. The predicted octanol–water partition coefficient (Wildman–Crippen LogP) is 2.82. The number of H-pyrrole nitrogens is 1. The number of nitrogens with zero attached hydrogens (tertiary/aromatic N) is 1.